The van der Waals surface area contributed by atoms with Gasteiger partial charge in [-0.1, -0.05) is 56.9 Å². The van der Waals surface area contributed by atoms with E-state index in [-0.39, 0.29) is 30.8 Å². The van der Waals surface area contributed by atoms with E-state index in [4.69, 9.17) is 4.98 Å². The van der Waals surface area contributed by atoms with Gasteiger partial charge in [0.15, 0.2) is 5.13 Å². The molecule has 5 rings (SSSR count). The third-order valence-electron chi connectivity index (χ3n) is 9.11. The number of aliphatic hydroxyl groups excluding tert-OH is 1. The highest BCUT2D eigenvalue weighted by molar-refractivity contribution is 7.14. The number of carboxylic acids is 1. The van der Waals surface area contributed by atoms with Gasteiger partial charge in [0.25, 0.3) is 0 Å². The molecule has 1 aliphatic carbocycles. The summed E-state index contributed by atoms with van der Waals surface area (Å²) in [5.41, 5.74) is 3.45. The Labute approximate surface area is 256 Å². The molecule has 1 aliphatic heterocycles. The summed E-state index contributed by atoms with van der Waals surface area (Å²) in [4.78, 5) is 48.6. The Balaban J connectivity index is 1.33. The van der Waals surface area contributed by atoms with Crippen LogP contribution in [-0.4, -0.2) is 57.7 Å². The van der Waals surface area contributed by atoms with Crippen molar-refractivity contribution in [2.45, 2.75) is 70.8 Å². The van der Waals surface area contributed by atoms with Gasteiger partial charge in [-0.3, -0.25) is 24.2 Å². The summed E-state index contributed by atoms with van der Waals surface area (Å²) in [5, 5.41) is 22.2. The summed E-state index contributed by atoms with van der Waals surface area (Å²) in [6.45, 7) is 2.50. The Morgan fingerprint density at radius 1 is 1.14 bits per heavy atom. The molecule has 2 aromatic heterocycles. The van der Waals surface area contributed by atoms with Crippen molar-refractivity contribution in [3.8, 4) is 22.4 Å². The number of carboxylic acid groups (broad SMARTS) is 1. The average Bonchev–Trinajstić information content (AvgIpc) is 3.80. The fourth-order valence-electron chi connectivity index (χ4n) is 6.85. The lowest BCUT2D eigenvalue weighted by molar-refractivity contribution is -0.138. The zero-order chi connectivity index (χ0) is 30.3. The predicted octanol–water partition coefficient (Wildman–Crippen LogP) is 6.02. The van der Waals surface area contributed by atoms with Crippen molar-refractivity contribution in [2.75, 3.05) is 23.0 Å². The van der Waals surface area contributed by atoms with Crippen LogP contribution in [0.5, 0.6) is 0 Å². The van der Waals surface area contributed by atoms with E-state index in [9.17, 15) is 24.6 Å². The van der Waals surface area contributed by atoms with Crippen LogP contribution in [0.25, 0.3) is 22.4 Å². The molecule has 2 fully saturated rings. The molecule has 3 aromatic rings. The predicted molar refractivity (Wildman–Crippen MR) is 168 cm³/mol. The molecule has 10 heteroatoms. The third kappa shape index (κ3) is 7.13. The van der Waals surface area contributed by atoms with E-state index in [1.165, 1.54) is 29.1 Å². The SMILES string of the molecule is CC(CC(=O)O)[C@H](CC[C@@H](CO)N(C=O)c1nc(-c2ccccc2-c2ccc(N3CCCC3=O)nc2)cs1)C1CCCC1. The summed E-state index contributed by atoms with van der Waals surface area (Å²) in [6, 6.07) is 11.3. The van der Waals surface area contributed by atoms with Crippen LogP contribution in [0.15, 0.2) is 48.0 Å². The minimum atomic E-state index is -0.785. The van der Waals surface area contributed by atoms with Crippen LogP contribution >= 0.6 is 11.3 Å². The van der Waals surface area contributed by atoms with Gasteiger partial charge in [0.05, 0.1) is 18.3 Å². The molecule has 3 heterocycles. The van der Waals surface area contributed by atoms with Gasteiger partial charge >= 0.3 is 5.97 Å². The molecule has 2 amide bonds. The summed E-state index contributed by atoms with van der Waals surface area (Å²) in [6.07, 6.45) is 9.94. The van der Waals surface area contributed by atoms with Gasteiger partial charge in [-0.05, 0) is 54.7 Å². The second kappa shape index (κ2) is 14.2. The minimum absolute atomic E-state index is 0.0342. The topological polar surface area (TPSA) is 124 Å². The van der Waals surface area contributed by atoms with Crippen LogP contribution in [0.4, 0.5) is 10.9 Å². The second-order valence-corrected chi connectivity index (χ2v) is 12.7. The molecule has 2 aliphatic rings. The first-order valence-corrected chi connectivity index (χ1v) is 16.2. The van der Waals surface area contributed by atoms with Gasteiger partial charge in [-0.15, -0.1) is 11.3 Å². The molecule has 2 N–H and O–H groups in total. The van der Waals surface area contributed by atoms with E-state index in [1.54, 1.807) is 11.1 Å². The Morgan fingerprint density at radius 2 is 1.91 bits per heavy atom. The number of hydrogen-bond donors (Lipinski definition) is 2. The number of carbonyl (C=O) groups is 3. The van der Waals surface area contributed by atoms with Gasteiger partial charge in [0.1, 0.15) is 5.82 Å². The Morgan fingerprint density at radius 3 is 2.53 bits per heavy atom. The zero-order valence-corrected chi connectivity index (χ0v) is 25.4. The van der Waals surface area contributed by atoms with E-state index in [2.05, 4.69) is 4.98 Å². The smallest absolute Gasteiger partial charge is 0.303 e. The Hall–Kier alpha value is -3.63. The number of carbonyl (C=O) groups excluding carboxylic acids is 2. The highest BCUT2D eigenvalue weighted by Gasteiger charge is 2.32. The van der Waals surface area contributed by atoms with Crippen LogP contribution in [0, 0.1) is 17.8 Å². The lowest BCUT2D eigenvalue weighted by Crippen LogP contribution is -2.38. The van der Waals surface area contributed by atoms with Crippen molar-refractivity contribution in [2.24, 2.45) is 17.8 Å². The van der Waals surface area contributed by atoms with Crippen LogP contribution in [-0.2, 0) is 14.4 Å². The van der Waals surface area contributed by atoms with Gasteiger partial charge in [-0.2, -0.15) is 0 Å². The zero-order valence-electron chi connectivity index (χ0n) is 24.6. The number of aliphatic carboxylic acids is 1. The number of pyridine rings is 1. The molecule has 1 unspecified atom stereocenters. The quantitative estimate of drug-likeness (QED) is 0.216. The first-order chi connectivity index (χ1) is 20.9. The minimum Gasteiger partial charge on any atom is -0.481 e. The molecule has 0 spiro atoms. The fraction of sp³-hybridized carbons (Fsp3) is 0.485. The van der Waals surface area contributed by atoms with Crippen molar-refractivity contribution in [3.63, 3.8) is 0 Å². The maximum atomic E-state index is 12.4. The van der Waals surface area contributed by atoms with Crippen molar-refractivity contribution in [3.05, 3.63) is 48.0 Å². The standard InChI is InChI=1S/C33H40N4O5S/c1-22(17-32(41)42)26(23-7-2-3-8-23)14-13-25(19-38)37(21-39)33-35-29(20-43-33)28-10-5-4-9-27(28)24-12-15-30(34-18-24)36-16-6-11-31(36)40/h4-5,9-10,12,15,18,20-23,25-26,38H,2-3,6-8,11,13-14,16-17,19H2,1H3,(H,41,42)/t22?,25-,26-/m0/s1. The molecule has 9 nitrogen and oxygen atoms in total. The van der Waals surface area contributed by atoms with Crippen molar-refractivity contribution in [1.29, 1.82) is 0 Å². The van der Waals surface area contributed by atoms with Crippen LogP contribution < -0.4 is 9.80 Å². The monoisotopic (exact) mass is 604 g/mol. The molecule has 1 saturated heterocycles. The third-order valence-corrected chi connectivity index (χ3v) is 9.96. The lowest BCUT2D eigenvalue weighted by Gasteiger charge is -2.32. The summed E-state index contributed by atoms with van der Waals surface area (Å²) >= 11 is 1.35. The van der Waals surface area contributed by atoms with Crippen LogP contribution in [0.2, 0.25) is 0 Å². The number of hydrogen-bond acceptors (Lipinski definition) is 7. The number of aromatic nitrogens is 2. The van der Waals surface area contributed by atoms with E-state index in [1.807, 2.05) is 48.7 Å². The number of nitrogens with zero attached hydrogens (tertiary/aromatic N) is 4. The number of rotatable bonds is 14. The lowest BCUT2D eigenvalue weighted by atomic mass is 9.76. The first-order valence-electron chi connectivity index (χ1n) is 15.3. The fourth-order valence-corrected chi connectivity index (χ4v) is 7.71. The number of amides is 2. The molecule has 0 radical (unpaired) electrons. The van der Waals surface area contributed by atoms with E-state index in [0.29, 0.717) is 36.3 Å². The summed E-state index contributed by atoms with van der Waals surface area (Å²) < 4.78 is 0. The maximum Gasteiger partial charge on any atom is 0.303 e. The second-order valence-electron chi connectivity index (χ2n) is 11.8. The van der Waals surface area contributed by atoms with Crippen molar-refractivity contribution >= 4 is 40.6 Å². The van der Waals surface area contributed by atoms with Crippen molar-refractivity contribution < 1.29 is 24.6 Å². The molecule has 43 heavy (non-hydrogen) atoms. The number of benzene rings is 1. The summed E-state index contributed by atoms with van der Waals surface area (Å²) in [7, 11) is 0. The highest BCUT2D eigenvalue weighted by atomic mass is 32.1. The van der Waals surface area contributed by atoms with Gasteiger partial charge in [0, 0.05) is 42.1 Å². The Kier molecular flexibility index (Phi) is 10.2. The summed E-state index contributed by atoms with van der Waals surface area (Å²) in [5.74, 6) is 0.730. The number of anilines is 2. The van der Waals surface area contributed by atoms with E-state index < -0.39 is 12.0 Å². The molecular weight excluding hydrogens is 564 g/mol. The van der Waals surface area contributed by atoms with E-state index >= 15 is 0 Å². The molecule has 1 saturated carbocycles. The average molecular weight is 605 g/mol. The number of thiazole rings is 1. The van der Waals surface area contributed by atoms with Gasteiger partial charge < -0.3 is 10.2 Å². The van der Waals surface area contributed by atoms with Gasteiger partial charge in [-0.25, -0.2) is 9.97 Å². The van der Waals surface area contributed by atoms with Crippen LogP contribution in [0.1, 0.15) is 64.7 Å². The van der Waals surface area contributed by atoms with Crippen LogP contribution in [0.3, 0.4) is 0 Å². The largest absolute Gasteiger partial charge is 0.481 e. The normalized spacial score (nSPS) is 17.6. The Bertz CT molecular complexity index is 1400. The molecule has 3 atom stereocenters. The van der Waals surface area contributed by atoms with E-state index in [0.717, 1.165) is 54.5 Å². The highest BCUT2D eigenvalue weighted by Crippen LogP contribution is 2.40. The number of aliphatic hydroxyl groups is 1. The molecule has 0 bridgehead atoms. The van der Waals surface area contributed by atoms with Crippen molar-refractivity contribution in [1.82, 2.24) is 9.97 Å². The first kappa shape index (κ1) is 30.8. The maximum absolute atomic E-state index is 12.4. The molecular formula is C33H40N4O5S. The molecule has 1 aromatic carbocycles. The van der Waals surface area contributed by atoms with Gasteiger partial charge in [0.2, 0.25) is 12.3 Å². The molecule has 228 valence electrons.